The van der Waals surface area contributed by atoms with Crippen LogP contribution in [-0.2, 0) is 18.7 Å². The topological polar surface area (TPSA) is 102 Å². The fourth-order valence-corrected chi connectivity index (χ4v) is 4.91. The minimum atomic E-state index is -4.26. The van der Waals surface area contributed by atoms with Gasteiger partial charge in [0, 0.05) is 0 Å². The van der Waals surface area contributed by atoms with Gasteiger partial charge in [0.1, 0.15) is 22.8 Å². The number of benzene rings is 2. The number of phosphoric ester groups is 1. The maximum absolute atomic E-state index is 13.6. The molecule has 2 aliphatic rings. The van der Waals surface area contributed by atoms with Crippen molar-refractivity contribution in [3.8, 4) is 11.5 Å². The van der Waals surface area contributed by atoms with Gasteiger partial charge in [0.2, 0.25) is 5.91 Å². The molecule has 0 saturated carbocycles. The lowest BCUT2D eigenvalue weighted by molar-refractivity contribution is -0.152. The number of carbonyl (C=O) groups is 2. The summed E-state index contributed by atoms with van der Waals surface area (Å²) in [7, 11) is -4.26. The summed E-state index contributed by atoms with van der Waals surface area (Å²) in [5.74, 6) is -1.08. The number of carbonyl (C=O) groups excluding carboxylic acids is 1. The molecule has 2 aromatic rings. The van der Waals surface area contributed by atoms with Crippen molar-refractivity contribution in [3.63, 3.8) is 0 Å². The fourth-order valence-electron chi connectivity index (χ4n) is 3.38. The molecule has 1 unspecified atom stereocenters. The highest BCUT2D eigenvalue weighted by molar-refractivity contribution is 7.49. The van der Waals surface area contributed by atoms with Gasteiger partial charge in [-0.3, -0.25) is 14.2 Å². The molecular formula is C20H18NO7P. The lowest BCUT2D eigenvalue weighted by Gasteiger charge is -2.42. The van der Waals surface area contributed by atoms with Crippen molar-refractivity contribution in [2.24, 2.45) is 0 Å². The number of rotatable bonds is 7. The van der Waals surface area contributed by atoms with E-state index in [9.17, 15) is 19.3 Å². The van der Waals surface area contributed by atoms with Crippen LogP contribution in [0.1, 0.15) is 13.3 Å². The van der Waals surface area contributed by atoms with Crippen molar-refractivity contribution in [2.75, 3.05) is 0 Å². The zero-order valence-electron chi connectivity index (χ0n) is 15.4. The first-order valence-electron chi connectivity index (χ1n) is 8.88. The summed E-state index contributed by atoms with van der Waals surface area (Å²) < 4.78 is 30.6. The predicted octanol–water partition coefficient (Wildman–Crippen LogP) is 3.61. The van der Waals surface area contributed by atoms with Gasteiger partial charge in [-0.15, -0.1) is 0 Å². The monoisotopic (exact) mass is 415 g/mol. The minimum Gasteiger partial charge on any atom is -0.477 e. The van der Waals surface area contributed by atoms with Crippen LogP contribution in [0.4, 0.5) is 0 Å². The molecule has 0 aliphatic carbocycles. The Hall–Kier alpha value is -3.09. The summed E-state index contributed by atoms with van der Waals surface area (Å²) in [4.78, 5) is 24.6. The molecule has 2 heterocycles. The van der Waals surface area contributed by atoms with Gasteiger partial charge < -0.3 is 14.2 Å². The summed E-state index contributed by atoms with van der Waals surface area (Å²) in [6, 6.07) is 16.1. The maximum Gasteiger partial charge on any atom is 0.588 e. The molecule has 2 atom stereocenters. The molecule has 2 aromatic carbocycles. The van der Waals surface area contributed by atoms with Gasteiger partial charge in [0.25, 0.3) is 0 Å². The minimum absolute atomic E-state index is 0.0699. The standard InChI is InChI=1S/C20H18NO7P/c1-20(13-16(19(23)24)21-17(20)12-18(21)22)28-29(25,26-14-8-4-2-5-9-14)27-15-10-6-3-7-11-15/h2-11,13,17H,12H2,1H3,(H,23,24)/t17-,20?/m0/s1. The lowest BCUT2D eigenvalue weighted by Crippen LogP contribution is -2.58. The molecule has 2 aliphatic heterocycles. The highest BCUT2D eigenvalue weighted by Gasteiger charge is 2.59. The number of carboxylic acid groups (broad SMARTS) is 1. The number of aliphatic carboxylic acids is 1. The highest BCUT2D eigenvalue weighted by atomic mass is 31.2. The van der Waals surface area contributed by atoms with E-state index in [-0.39, 0.29) is 29.5 Å². The van der Waals surface area contributed by atoms with Crippen molar-refractivity contribution in [3.05, 3.63) is 72.4 Å². The number of amides is 1. The van der Waals surface area contributed by atoms with Gasteiger partial charge in [-0.25, -0.2) is 9.36 Å². The molecule has 1 fully saturated rings. The second kappa shape index (κ2) is 7.06. The van der Waals surface area contributed by atoms with Gasteiger partial charge in [0.05, 0.1) is 12.5 Å². The summed E-state index contributed by atoms with van der Waals surface area (Å²) in [5, 5.41) is 9.40. The van der Waals surface area contributed by atoms with Gasteiger partial charge in [-0.05, 0) is 37.3 Å². The Kier molecular flexibility index (Phi) is 4.68. The summed E-state index contributed by atoms with van der Waals surface area (Å²) in [6.07, 6.45) is 1.35. The van der Waals surface area contributed by atoms with E-state index in [4.69, 9.17) is 13.6 Å². The van der Waals surface area contributed by atoms with Gasteiger partial charge in [-0.1, -0.05) is 36.4 Å². The smallest absolute Gasteiger partial charge is 0.477 e. The van der Waals surface area contributed by atoms with Crippen LogP contribution in [0.25, 0.3) is 0 Å². The van der Waals surface area contributed by atoms with E-state index in [2.05, 4.69) is 0 Å². The lowest BCUT2D eigenvalue weighted by atomic mass is 9.90. The quantitative estimate of drug-likeness (QED) is 0.544. The second-order valence-electron chi connectivity index (χ2n) is 6.85. The normalized spacial score (nSPS) is 23.1. The molecule has 0 radical (unpaired) electrons. The van der Waals surface area contributed by atoms with Crippen LogP contribution in [0.2, 0.25) is 0 Å². The van der Waals surface area contributed by atoms with Crippen LogP contribution in [0.5, 0.6) is 11.5 Å². The maximum atomic E-state index is 13.6. The average Bonchev–Trinajstić information content (AvgIpc) is 2.90. The Morgan fingerprint density at radius 3 is 2.00 bits per heavy atom. The molecule has 0 bridgehead atoms. The first-order valence-corrected chi connectivity index (χ1v) is 10.3. The first-order chi connectivity index (χ1) is 13.8. The molecule has 4 rings (SSSR count). The third kappa shape index (κ3) is 3.64. The van der Waals surface area contributed by atoms with Gasteiger partial charge >= 0.3 is 13.8 Å². The van der Waals surface area contributed by atoms with Crippen molar-refractivity contribution in [2.45, 2.75) is 25.0 Å². The van der Waals surface area contributed by atoms with Crippen molar-refractivity contribution in [1.29, 1.82) is 0 Å². The number of hydrogen-bond donors (Lipinski definition) is 1. The highest BCUT2D eigenvalue weighted by Crippen LogP contribution is 2.56. The van der Waals surface area contributed by atoms with E-state index in [0.717, 1.165) is 4.90 Å². The summed E-state index contributed by atoms with van der Waals surface area (Å²) in [6.45, 7) is 1.56. The van der Waals surface area contributed by atoms with E-state index < -0.39 is 25.4 Å². The third-order valence-electron chi connectivity index (χ3n) is 4.74. The second-order valence-corrected chi connectivity index (χ2v) is 8.29. The van der Waals surface area contributed by atoms with E-state index >= 15 is 0 Å². The molecule has 0 spiro atoms. The predicted molar refractivity (Wildman–Crippen MR) is 102 cm³/mol. The number of hydrogen-bond acceptors (Lipinski definition) is 6. The third-order valence-corrected chi connectivity index (χ3v) is 6.23. The number of carboxylic acids is 1. The molecular weight excluding hydrogens is 397 g/mol. The van der Waals surface area contributed by atoms with Crippen molar-refractivity contribution < 1.29 is 32.8 Å². The number of fused-ring (bicyclic) bond motifs is 1. The number of phosphoric acid groups is 1. The Bertz CT molecular complexity index is 978. The fraction of sp³-hybridized carbons (Fsp3) is 0.200. The molecule has 1 amide bonds. The molecule has 150 valence electrons. The summed E-state index contributed by atoms with van der Waals surface area (Å²) >= 11 is 0. The molecule has 1 saturated heterocycles. The first kappa shape index (κ1) is 19.2. The van der Waals surface area contributed by atoms with Crippen molar-refractivity contribution >= 4 is 19.7 Å². The van der Waals surface area contributed by atoms with E-state index in [1.165, 1.54) is 6.08 Å². The van der Waals surface area contributed by atoms with Gasteiger partial charge in [-0.2, -0.15) is 0 Å². The van der Waals surface area contributed by atoms with Crippen LogP contribution >= 0.6 is 7.82 Å². The number of β-lactam (4-membered cyclic amide) rings is 1. The van der Waals surface area contributed by atoms with E-state index in [0.29, 0.717) is 0 Å². The van der Waals surface area contributed by atoms with Crippen LogP contribution in [0.15, 0.2) is 72.4 Å². The average molecular weight is 415 g/mol. The molecule has 9 heteroatoms. The van der Waals surface area contributed by atoms with E-state index in [1.54, 1.807) is 67.6 Å². The molecule has 8 nitrogen and oxygen atoms in total. The van der Waals surface area contributed by atoms with Crippen LogP contribution in [0.3, 0.4) is 0 Å². The Balaban J connectivity index is 1.67. The Labute approximate surface area is 166 Å². The van der Waals surface area contributed by atoms with Gasteiger partial charge in [0.15, 0.2) is 0 Å². The van der Waals surface area contributed by atoms with Crippen molar-refractivity contribution in [1.82, 2.24) is 4.90 Å². The molecule has 29 heavy (non-hydrogen) atoms. The SMILES string of the molecule is CC1(OP(=O)(Oc2ccccc2)Oc2ccccc2)C=C(C(=O)O)N2C(=O)C[C@H]21. The zero-order chi connectivity index (χ0) is 20.6. The Morgan fingerprint density at radius 1 is 1.07 bits per heavy atom. The van der Waals surface area contributed by atoms with Crippen LogP contribution in [0, 0.1) is 0 Å². The van der Waals surface area contributed by atoms with Crippen LogP contribution in [-0.4, -0.2) is 33.5 Å². The van der Waals surface area contributed by atoms with E-state index in [1.807, 2.05) is 0 Å². The Morgan fingerprint density at radius 2 is 1.59 bits per heavy atom. The molecule has 0 aromatic heterocycles. The zero-order valence-corrected chi connectivity index (χ0v) is 16.3. The number of para-hydroxylation sites is 2. The number of nitrogens with zero attached hydrogens (tertiary/aromatic N) is 1. The van der Waals surface area contributed by atoms with Crippen LogP contribution < -0.4 is 9.05 Å². The molecule has 1 N–H and O–H groups in total. The summed E-state index contributed by atoms with van der Waals surface area (Å²) in [5.41, 5.74) is -1.57. The largest absolute Gasteiger partial charge is 0.588 e.